The highest BCUT2D eigenvalue weighted by atomic mass is 16.5. The predicted octanol–water partition coefficient (Wildman–Crippen LogP) is 3.57. The molecule has 0 aliphatic rings. The molecule has 20 heavy (non-hydrogen) atoms. The minimum absolute atomic E-state index is 0.0337. The normalized spacial score (nSPS) is 10.1. The van der Waals surface area contributed by atoms with Gasteiger partial charge in [0.25, 0.3) is 0 Å². The molecule has 0 aliphatic heterocycles. The summed E-state index contributed by atoms with van der Waals surface area (Å²) >= 11 is 0. The minimum atomic E-state index is 0.0337. The number of amides is 1. The predicted molar refractivity (Wildman–Crippen MR) is 81.1 cm³/mol. The maximum absolute atomic E-state index is 11.9. The first-order valence-corrected chi connectivity index (χ1v) is 6.67. The molecular weight excluding hydrogens is 250 g/mol. The van der Waals surface area contributed by atoms with Crippen molar-refractivity contribution >= 4 is 11.6 Å². The van der Waals surface area contributed by atoms with Gasteiger partial charge in [-0.1, -0.05) is 24.3 Å². The highest BCUT2D eigenvalue weighted by Gasteiger charge is 2.03. The molecule has 0 saturated heterocycles. The van der Waals surface area contributed by atoms with Gasteiger partial charge in [-0.3, -0.25) is 4.79 Å². The van der Waals surface area contributed by atoms with Crippen LogP contribution in [0.2, 0.25) is 0 Å². The molecule has 2 aromatic rings. The molecule has 0 fully saturated rings. The summed E-state index contributed by atoms with van der Waals surface area (Å²) in [6.45, 7) is 2.01. The average Bonchev–Trinajstić information content (AvgIpc) is 2.46. The average molecular weight is 269 g/mol. The van der Waals surface area contributed by atoms with Crippen LogP contribution in [0.25, 0.3) is 0 Å². The van der Waals surface area contributed by atoms with E-state index >= 15 is 0 Å². The molecule has 0 atom stereocenters. The standard InChI is InChI=1S/C17H19NO2/c1-13-4-3-5-15(12-13)18-17(19)11-8-14-6-9-16(20-2)10-7-14/h3-7,9-10,12H,8,11H2,1-2H3,(H,18,19). The zero-order valence-electron chi connectivity index (χ0n) is 11.8. The number of carbonyl (C=O) groups is 1. The summed E-state index contributed by atoms with van der Waals surface area (Å²) in [5.74, 6) is 0.865. The first-order valence-electron chi connectivity index (χ1n) is 6.67. The number of hydrogen-bond acceptors (Lipinski definition) is 2. The zero-order valence-corrected chi connectivity index (χ0v) is 11.8. The van der Waals surface area contributed by atoms with Crippen LogP contribution in [-0.4, -0.2) is 13.0 Å². The lowest BCUT2D eigenvalue weighted by Gasteiger charge is -2.06. The summed E-state index contributed by atoms with van der Waals surface area (Å²) in [5.41, 5.74) is 3.12. The topological polar surface area (TPSA) is 38.3 Å². The van der Waals surface area contributed by atoms with E-state index in [9.17, 15) is 4.79 Å². The molecule has 1 amide bonds. The van der Waals surface area contributed by atoms with E-state index in [0.29, 0.717) is 6.42 Å². The Morgan fingerprint density at radius 3 is 2.55 bits per heavy atom. The molecule has 104 valence electrons. The number of rotatable bonds is 5. The Morgan fingerprint density at radius 2 is 1.90 bits per heavy atom. The molecule has 2 aromatic carbocycles. The molecule has 0 heterocycles. The van der Waals surface area contributed by atoms with Crippen LogP contribution in [-0.2, 0) is 11.2 Å². The van der Waals surface area contributed by atoms with Gasteiger partial charge < -0.3 is 10.1 Å². The molecule has 0 radical (unpaired) electrons. The summed E-state index contributed by atoms with van der Waals surface area (Å²) in [6.07, 6.45) is 1.20. The quantitative estimate of drug-likeness (QED) is 0.901. The summed E-state index contributed by atoms with van der Waals surface area (Å²) in [4.78, 5) is 11.9. The number of ether oxygens (including phenoxy) is 1. The lowest BCUT2D eigenvalue weighted by Crippen LogP contribution is -2.12. The van der Waals surface area contributed by atoms with Gasteiger partial charge in [0.1, 0.15) is 5.75 Å². The summed E-state index contributed by atoms with van der Waals surface area (Å²) < 4.78 is 5.11. The van der Waals surface area contributed by atoms with Gasteiger partial charge in [-0.15, -0.1) is 0 Å². The largest absolute Gasteiger partial charge is 0.497 e. The number of anilines is 1. The van der Waals surface area contributed by atoms with Crippen LogP contribution in [0.15, 0.2) is 48.5 Å². The van der Waals surface area contributed by atoms with Crippen LogP contribution >= 0.6 is 0 Å². The SMILES string of the molecule is COc1ccc(CCC(=O)Nc2cccc(C)c2)cc1. The molecule has 0 bridgehead atoms. The highest BCUT2D eigenvalue weighted by molar-refractivity contribution is 5.90. The fourth-order valence-electron chi connectivity index (χ4n) is 2.00. The maximum Gasteiger partial charge on any atom is 0.224 e. The Balaban J connectivity index is 1.85. The second-order valence-corrected chi connectivity index (χ2v) is 4.77. The highest BCUT2D eigenvalue weighted by Crippen LogP contribution is 2.14. The van der Waals surface area contributed by atoms with Crippen molar-refractivity contribution in [3.8, 4) is 5.75 Å². The second-order valence-electron chi connectivity index (χ2n) is 4.77. The summed E-state index contributed by atoms with van der Waals surface area (Å²) in [5, 5.41) is 2.91. The van der Waals surface area contributed by atoms with Gasteiger partial charge in [-0.2, -0.15) is 0 Å². The molecule has 3 nitrogen and oxygen atoms in total. The molecule has 0 spiro atoms. The third-order valence-corrected chi connectivity index (χ3v) is 3.10. The van der Waals surface area contributed by atoms with Crippen molar-refractivity contribution in [3.63, 3.8) is 0 Å². The van der Waals surface area contributed by atoms with E-state index in [1.54, 1.807) is 7.11 Å². The van der Waals surface area contributed by atoms with E-state index in [0.717, 1.165) is 29.0 Å². The van der Waals surface area contributed by atoms with Crippen molar-refractivity contribution in [3.05, 3.63) is 59.7 Å². The number of carbonyl (C=O) groups excluding carboxylic acids is 1. The fraction of sp³-hybridized carbons (Fsp3) is 0.235. The molecule has 3 heteroatoms. The van der Waals surface area contributed by atoms with Gasteiger partial charge in [-0.25, -0.2) is 0 Å². The van der Waals surface area contributed by atoms with Crippen molar-refractivity contribution < 1.29 is 9.53 Å². The van der Waals surface area contributed by atoms with Crippen molar-refractivity contribution in [1.82, 2.24) is 0 Å². The van der Waals surface area contributed by atoms with E-state index in [4.69, 9.17) is 4.74 Å². The number of aryl methyl sites for hydroxylation is 2. The van der Waals surface area contributed by atoms with E-state index in [2.05, 4.69) is 5.32 Å². The molecule has 0 saturated carbocycles. The smallest absolute Gasteiger partial charge is 0.224 e. The molecule has 2 rings (SSSR count). The monoisotopic (exact) mass is 269 g/mol. The molecule has 1 N–H and O–H groups in total. The Morgan fingerprint density at radius 1 is 1.15 bits per heavy atom. The number of hydrogen-bond donors (Lipinski definition) is 1. The maximum atomic E-state index is 11.9. The molecular formula is C17H19NO2. The van der Waals surface area contributed by atoms with E-state index in [1.165, 1.54) is 0 Å². The first-order chi connectivity index (χ1) is 9.67. The Kier molecular flexibility index (Phi) is 4.77. The molecule has 0 unspecified atom stereocenters. The first kappa shape index (κ1) is 14.1. The van der Waals surface area contributed by atoms with E-state index in [-0.39, 0.29) is 5.91 Å². The van der Waals surface area contributed by atoms with Gasteiger partial charge in [0.05, 0.1) is 7.11 Å². The molecule has 0 aromatic heterocycles. The third kappa shape index (κ3) is 4.12. The van der Waals surface area contributed by atoms with Crippen molar-refractivity contribution in [2.75, 3.05) is 12.4 Å². The second kappa shape index (κ2) is 6.75. The Hall–Kier alpha value is -2.29. The third-order valence-electron chi connectivity index (χ3n) is 3.10. The van der Waals surface area contributed by atoms with Crippen LogP contribution in [0.4, 0.5) is 5.69 Å². The number of methoxy groups -OCH3 is 1. The Bertz CT molecular complexity index is 576. The lowest BCUT2D eigenvalue weighted by atomic mass is 10.1. The Labute approximate surface area is 119 Å². The van der Waals surface area contributed by atoms with Crippen molar-refractivity contribution in [2.24, 2.45) is 0 Å². The van der Waals surface area contributed by atoms with E-state index in [1.807, 2.05) is 55.5 Å². The number of nitrogens with one attached hydrogen (secondary N) is 1. The fourth-order valence-corrected chi connectivity index (χ4v) is 2.00. The molecule has 0 aliphatic carbocycles. The van der Waals surface area contributed by atoms with Crippen LogP contribution in [0.1, 0.15) is 17.5 Å². The van der Waals surface area contributed by atoms with Crippen molar-refractivity contribution in [2.45, 2.75) is 19.8 Å². The van der Waals surface area contributed by atoms with E-state index < -0.39 is 0 Å². The van der Waals surface area contributed by atoms with Crippen LogP contribution in [0.3, 0.4) is 0 Å². The van der Waals surface area contributed by atoms with Crippen LogP contribution < -0.4 is 10.1 Å². The van der Waals surface area contributed by atoms with Gasteiger partial charge in [-0.05, 0) is 48.7 Å². The summed E-state index contributed by atoms with van der Waals surface area (Å²) in [6, 6.07) is 15.6. The van der Waals surface area contributed by atoms with Gasteiger partial charge in [0.2, 0.25) is 5.91 Å². The van der Waals surface area contributed by atoms with Crippen LogP contribution in [0, 0.1) is 6.92 Å². The van der Waals surface area contributed by atoms with Gasteiger partial charge in [0.15, 0.2) is 0 Å². The van der Waals surface area contributed by atoms with Gasteiger partial charge >= 0.3 is 0 Å². The lowest BCUT2D eigenvalue weighted by molar-refractivity contribution is -0.116. The minimum Gasteiger partial charge on any atom is -0.497 e. The van der Waals surface area contributed by atoms with Crippen LogP contribution in [0.5, 0.6) is 5.75 Å². The van der Waals surface area contributed by atoms with Gasteiger partial charge in [0, 0.05) is 12.1 Å². The summed E-state index contributed by atoms with van der Waals surface area (Å²) in [7, 11) is 1.64. The van der Waals surface area contributed by atoms with Crippen molar-refractivity contribution in [1.29, 1.82) is 0 Å². The zero-order chi connectivity index (χ0) is 14.4. The number of benzene rings is 2.